The van der Waals surface area contributed by atoms with Crippen molar-refractivity contribution in [2.24, 2.45) is 11.3 Å². The molecule has 5 N–H and O–H groups in total. The van der Waals surface area contributed by atoms with Gasteiger partial charge in [-0.3, -0.25) is 19.2 Å². The second-order valence-corrected chi connectivity index (χ2v) is 19.7. The molecule has 3 atom stereocenters. The average Bonchev–Trinajstić information content (AvgIpc) is 3.74. The van der Waals surface area contributed by atoms with Gasteiger partial charge in [-0.15, -0.1) is 0 Å². The van der Waals surface area contributed by atoms with Crippen LogP contribution in [-0.2, 0) is 29.2 Å². The number of likely N-dealkylation sites (tertiary alicyclic amines) is 1. The number of fused-ring (bicyclic) bond motifs is 1. The molecule has 0 radical (unpaired) electrons. The van der Waals surface area contributed by atoms with Gasteiger partial charge in [0.05, 0.1) is 42.9 Å². The van der Waals surface area contributed by atoms with Crippen LogP contribution >= 0.6 is 0 Å². The third kappa shape index (κ3) is 17.8. The smallest absolute Gasteiger partial charge is 0.318 e. The molecule has 4 aromatic rings. The largest absolute Gasteiger partial charge is 0.497 e. The summed E-state index contributed by atoms with van der Waals surface area (Å²) in [5, 5.41) is 10.8. The summed E-state index contributed by atoms with van der Waals surface area (Å²) in [4.78, 5) is 71.6. The molecule has 2 heterocycles. The number of aromatic nitrogens is 1. The van der Waals surface area contributed by atoms with Crippen molar-refractivity contribution < 1.29 is 41.9 Å². The Morgan fingerprint density at radius 1 is 0.838 bits per heavy atom. The zero-order valence-corrected chi connectivity index (χ0v) is 42.3. The summed E-state index contributed by atoms with van der Waals surface area (Å²) < 4.78 is 39.3. The second kappa shape index (κ2) is 27.6. The van der Waals surface area contributed by atoms with Crippen molar-refractivity contribution >= 4 is 50.6 Å². The van der Waals surface area contributed by atoms with E-state index in [0.29, 0.717) is 28.1 Å². The minimum Gasteiger partial charge on any atom is -0.497 e. The summed E-state index contributed by atoms with van der Waals surface area (Å²) in [5.74, 6) is -0.912. The lowest BCUT2D eigenvalue weighted by Crippen LogP contribution is -2.59. The third-order valence-electron chi connectivity index (χ3n) is 10.6. The Hall–Kier alpha value is -6.23. The summed E-state index contributed by atoms with van der Waals surface area (Å²) >= 11 is 0. The number of benzene rings is 3. The van der Waals surface area contributed by atoms with E-state index in [1.807, 2.05) is 35.1 Å². The molecule has 17 heteroatoms. The predicted octanol–water partition coefficient (Wildman–Crippen LogP) is 7.37. The van der Waals surface area contributed by atoms with Crippen molar-refractivity contribution in [3.05, 3.63) is 84.9 Å². The van der Waals surface area contributed by atoms with Gasteiger partial charge in [0.2, 0.25) is 17.7 Å². The maximum Gasteiger partial charge on any atom is 0.318 e. The maximum atomic E-state index is 14.1. The van der Waals surface area contributed by atoms with Gasteiger partial charge in [0.15, 0.2) is 0 Å². The van der Waals surface area contributed by atoms with Gasteiger partial charge in [-0.05, 0) is 35.6 Å². The van der Waals surface area contributed by atoms with E-state index in [0.717, 1.165) is 11.5 Å². The highest BCUT2D eigenvalue weighted by Crippen LogP contribution is 2.35. The van der Waals surface area contributed by atoms with Gasteiger partial charge in [0.25, 0.3) is 15.9 Å². The SMILES string of the molecule is CCC.CCCCCCC(C)C.CNC(=O)CNC(=O)C(NC(=O)N1C[C@H](Oc2cc(-c3ccccc3)nc3cc(OC)ccc23)CC1C(=O)NCC(=O)NS(=O)(=O)c1ccccc1)C(C)(C)C. The highest BCUT2D eigenvalue weighted by Gasteiger charge is 2.43. The van der Waals surface area contributed by atoms with E-state index < -0.39 is 69.8 Å². The van der Waals surface area contributed by atoms with Crippen molar-refractivity contribution in [3.63, 3.8) is 0 Å². The minimum absolute atomic E-state index is 0.0348. The summed E-state index contributed by atoms with van der Waals surface area (Å²) in [6.07, 6.45) is 7.52. The van der Waals surface area contributed by atoms with Crippen LogP contribution in [0, 0.1) is 11.3 Å². The molecule has 0 aliphatic carbocycles. The lowest BCUT2D eigenvalue weighted by atomic mass is 9.86. The molecule has 1 aliphatic rings. The molecule has 0 spiro atoms. The van der Waals surface area contributed by atoms with Gasteiger partial charge in [-0.25, -0.2) is 22.9 Å². The zero-order chi connectivity index (χ0) is 50.4. The Kier molecular flexibility index (Phi) is 22.7. The lowest BCUT2D eigenvalue weighted by molar-refractivity contribution is -0.129. The molecular formula is C51H73N7O9S. The van der Waals surface area contributed by atoms with E-state index >= 15 is 0 Å². The Balaban J connectivity index is 0.000000904. The number of carbonyl (C=O) groups is 5. The van der Waals surface area contributed by atoms with Crippen LogP contribution in [0.15, 0.2) is 89.8 Å². The Morgan fingerprint density at radius 2 is 1.47 bits per heavy atom. The van der Waals surface area contributed by atoms with Crippen LogP contribution in [0.5, 0.6) is 11.5 Å². The standard InChI is InChI=1S/C39H45N7O9S.C9H20.C3H8/c1-39(2,3)35(37(50)42-21-33(47)40-4)44-38(51)46-23-26(19-31(46)36(49)41-22-34(48)45-56(52,53)27-14-10-7-11-15-27)55-32-20-29(24-12-8-6-9-13-24)43-30-18-25(54-5)16-17-28(30)32;1-4-5-6-7-8-9(2)3;1-3-2/h6-18,20,26,31,35H,19,21-23H2,1-5H3,(H,40,47)(H,41,49)(H,42,50)(H,44,51)(H,45,48);9H,4-8H2,1-3H3;3H2,1-2H3/t26-,31?,35?;;/m1../s1. The topological polar surface area (TPSA) is 214 Å². The molecule has 16 nitrogen and oxygen atoms in total. The highest BCUT2D eigenvalue weighted by molar-refractivity contribution is 7.90. The molecule has 1 fully saturated rings. The molecule has 3 aromatic carbocycles. The number of urea groups is 1. The quantitative estimate of drug-likeness (QED) is 0.0625. The number of hydrogen-bond donors (Lipinski definition) is 5. The van der Waals surface area contributed by atoms with Crippen molar-refractivity contribution in [2.45, 2.75) is 123 Å². The van der Waals surface area contributed by atoms with Gasteiger partial charge >= 0.3 is 6.03 Å². The van der Waals surface area contributed by atoms with E-state index in [9.17, 15) is 32.4 Å². The van der Waals surface area contributed by atoms with Crippen LogP contribution in [0.3, 0.4) is 0 Å². The van der Waals surface area contributed by atoms with Gasteiger partial charge < -0.3 is 35.6 Å². The number of unbranched alkanes of at least 4 members (excludes halogenated alkanes) is 3. The van der Waals surface area contributed by atoms with E-state index in [-0.39, 0.29) is 24.4 Å². The van der Waals surface area contributed by atoms with Crippen LogP contribution in [0.1, 0.15) is 100 Å². The zero-order valence-electron chi connectivity index (χ0n) is 41.4. The van der Waals surface area contributed by atoms with Crippen LogP contribution in [0.2, 0.25) is 0 Å². The molecule has 2 unspecified atom stereocenters. The number of pyridine rings is 1. The number of rotatable bonds is 18. The number of amides is 6. The van der Waals surface area contributed by atoms with Gasteiger partial charge in [-0.2, -0.15) is 0 Å². The summed E-state index contributed by atoms with van der Waals surface area (Å²) in [5.41, 5.74) is 1.18. The molecule has 5 rings (SSSR count). The van der Waals surface area contributed by atoms with Crippen molar-refractivity contribution in [2.75, 3.05) is 33.8 Å². The molecule has 0 saturated carbocycles. The van der Waals surface area contributed by atoms with Gasteiger partial charge in [0.1, 0.15) is 29.7 Å². The van der Waals surface area contributed by atoms with Crippen molar-refractivity contribution in [3.8, 4) is 22.8 Å². The van der Waals surface area contributed by atoms with Crippen LogP contribution in [0.25, 0.3) is 22.2 Å². The normalized spacial score (nSPS) is 14.8. The fourth-order valence-electron chi connectivity index (χ4n) is 7.04. The molecule has 6 amide bonds. The highest BCUT2D eigenvalue weighted by atomic mass is 32.2. The van der Waals surface area contributed by atoms with E-state index in [2.05, 4.69) is 55.9 Å². The molecule has 372 valence electrons. The fraction of sp³-hybridized carbons (Fsp3) is 0.490. The number of ether oxygens (including phenoxy) is 2. The predicted molar refractivity (Wildman–Crippen MR) is 266 cm³/mol. The van der Waals surface area contributed by atoms with Crippen molar-refractivity contribution in [1.82, 2.24) is 35.9 Å². The fourth-order valence-corrected chi connectivity index (χ4v) is 8.05. The number of nitrogens with one attached hydrogen (secondary N) is 5. The van der Waals surface area contributed by atoms with Crippen LogP contribution in [0.4, 0.5) is 4.79 Å². The molecule has 1 aliphatic heterocycles. The monoisotopic (exact) mass is 960 g/mol. The van der Waals surface area contributed by atoms with Gasteiger partial charge in [-0.1, -0.05) is 142 Å². The number of sulfonamides is 1. The van der Waals surface area contributed by atoms with E-state index in [1.165, 1.54) is 74.7 Å². The Bertz CT molecular complexity index is 2360. The number of nitrogens with zero attached hydrogens (tertiary/aromatic N) is 2. The lowest BCUT2D eigenvalue weighted by Gasteiger charge is -2.33. The third-order valence-corrected chi connectivity index (χ3v) is 12.0. The number of hydrogen-bond acceptors (Lipinski definition) is 10. The molecule has 1 aromatic heterocycles. The summed E-state index contributed by atoms with van der Waals surface area (Å²) in [6.45, 7) is 15.1. The first-order chi connectivity index (χ1) is 32.3. The van der Waals surface area contributed by atoms with Crippen LogP contribution < -0.4 is 35.5 Å². The second-order valence-electron chi connectivity index (χ2n) is 18.0. The first kappa shape index (κ1) is 56.1. The number of likely N-dealkylation sites (N-methyl/N-ethyl adjacent to an activating group) is 1. The molecular weight excluding hydrogens is 887 g/mol. The molecule has 0 bridgehead atoms. The molecule has 1 saturated heterocycles. The van der Waals surface area contributed by atoms with Crippen molar-refractivity contribution in [1.29, 1.82) is 0 Å². The number of carbonyl (C=O) groups excluding carboxylic acids is 5. The first-order valence-corrected chi connectivity index (χ1v) is 24.9. The maximum absolute atomic E-state index is 14.1. The minimum atomic E-state index is -4.21. The molecule has 68 heavy (non-hydrogen) atoms. The summed E-state index contributed by atoms with van der Waals surface area (Å²) in [6, 6.07) is 20.7. The van der Waals surface area contributed by atoms with Gasteiger partial charge in [0, 0.05) is 36.6 Å². The Labute approximate surface area is 403 Å². The van der Waals surface area contributed by atoms with Crippen LogP contribution in [-0.4, -0.2) is 99.9 Å². The van der Waals surface area contributed by atoms with E-state index in [1.54, 1.807) is 58.2 Å². The average molecular weight is 960 g/mol. The Morgan fingerprint density at radius 3 is 2.06 bits per heavy atom. The first-order valence-electron chi connectivity index (χ1n) is 23.4. The van der Waals surface area contributed by atoms with E-state index in [4.69, 9.17) is 14.5 Å². The number of methoxy groups -OCH3 is 1. The summed E-state index contributed by atoms with van der Waals surface area (Å²) in [7, 11) is -1.24.